The number of benzene rings is 2. The van der Waals surface area contributed by atoms with Crippen molar-refractivity contribution >= 4 is 16.7 Å². The molecule has 1 atom stereocenters. The molecule has 4 heteroatoms. The second-order valence-corrected chi connectivity index (χ2v) is 5.34. The summed E-state index contributed by atoms with van der Waals surface area (Å²) in [4.78, 5) is 15.9. The minimum absolute atomic E-state index is 0.226. The molecule has 1 heterocycles. The van der Waals surface area contributed by atoms with Crippen LogP contribution in [0.25, 0.3) is 10.8 Å². The van der Waals surface area contributed by atoms with E-state index in [4.69, 9.17) is 0 Å². The van der Waals surface area contributed by atoms with Crippen molar-refractivity contribution in [3.05, 3.63) is 78.1 Å². The minimum Gasteiger partial charge on any atom is -0.388 e. The fraction of sp³-hybridized carbons (Fsp3) is 0.158. The van der Waals surface area contributed by atoms with Crippen molar-refractivity contribution in [2.75, 3.05) is 6.54 Å². The molecule has 4 nitrogen and oxygen atoms in total. The average molecular weight is 306 g/mol. The molecule has 3 rings (SSSR count). The maximum absolute atomic E-state index is 11.9. The van der Waals surface area contributed by atoms with Gasteiger partial charge >= 0.3 is 0 Å². The maximum atomic E-state index is 11.9. The third kappa shape index (κ3) is 3.55. The summed E-state index contributed by atoms with van der Waals surface area (Å²) < 4.78 is 0. The minimum atomic E-state index is -0.620. The second-order valence-electron chi connectivity index (χ2n) is 5.34. The summed E-state index contributed by atoms with van der Waals surface area (Å²) in [6.45, 7) is 0.389. The summed E-state index contributed by atoms with van der Waals surface area (Å²) in [5, 5.41) is 15.4. The molecule has 3 aromatic rings. The predicted octanol–water partition coefficient (Wildman–Crippen LogP) is 3.09. The van der Waals surface area contributed by atoms with E-state index in [9.17, 15) is 9.90 Å². The summed E-state index contributed by atoms with van der Waals surface area (Å²) in [6, 6.07) is 19.0. The van der Waals surface area contributed by atoms with Gasteiger partial charge in [0.2, 0.25) is 0 Å². The number of rotatable bonds is 5. The largest absolute Gasteiger partial charge is 0.388 e. The number of hydrogen-bond acceptors (Lipinski definition) is 3. The Morgan fingerprint density at radius 1 is 1.04 bits per heavy atom. The van der Waals surface area contributed by atoms with Gasteiger partial charge in [-0.05, 0) is 34.9 Å². The predicted molar refractivity (Wildman–Crippen MR) is 90.1 cm³/mol. The quantitative estimate of drug-likeness (QED) is 0.761. The number of carbonyl (C=O) groups is 1. The molecule has 0 bridgehead atoms. The van der Waals surface area contributed by atoms with E-state index >= 15 is 0 Å². The van der Waals surface area contributed by atoms with E-state index in [2.05, 4.69) is 10.3 Å². The maximum Gasteiger partial charge on any atom is 0.269 e. The Morgan fingerprint density at radius 3 is 2.65 bits per heavy atom. The zero-order valence-corrected chi connectivity index (χ0v) is 12.6. The van der Waals surface area contributed by atoms with Crippen molar-refractivity contribution in [2.24, 2.45) is 0 Å². The molecule has 0 aliphatic rings. The van der Waals surface area contributed by atoms with Crippen LogP contribution in [-0.2, 0) is 0 Å². The van der Waals surface area contributed by atoms with E-state index in [1.807, 2.05) is 42.5 Å². The van der Waals surface area contributed by atoms with E-state index in [0.717, 1.165) is 16.3 Å². The molecule has 0 saturated carbocycles. The number of carbonyl (C=O) groups excluding carboxylic acids is 1. The van der Waals surface area contributed by atoms with E-state index < -0.39 is 6.10 Å². The third-order valence-corrected chi connectivity index (χ3v) is 3.78. The van der Waals surface area contributed by atoms with Crippen LogP contribution < -0.4 is 5.32 Å². The molecule has 0 fully saturated rings. The van der Waals surface area contributed by atoms with Crippen LogP contribution in [0.2, 0.25) is 0 Å². The lowest BCUT2D eigenvalue weighted by Crippen LogP contribution is -2.26. The molecule has 0 unspecified atom stereocenters. The molecule has 0 aliphatic carbocycles. The Bertz CT molecular complexity index is 797. The number of aliphatic hydroxyl groups excluding tert-OH is 1. The van der Waals surface area contributed by atoms with Crippen molar-refractivity contribution in [2.45, 2.75) is 12.5 Å². The van der Waals surface area contributed by atoms with Gasteiger partial charge in [-0.25, -0.2) is 0 Å². The van der Waals surface area contributed by atoms with Gasteiger partial charge in [-0.2, -0.15) is 0 Å². The van der Waals surface area contributed by atoms with Crippen LogP contribution in [0.3, 0.4) is 0 Å². The lowest BCUT2D eigenvalue weighted by molar-refractivity contribution is 0.0938. The summed E-state index contributed by atoms with van der Waals surface area (Å²) in [5.41, 5.74) is 1.27. The fourth-order valence-electron chi connectivity index (χ4n) is 2.61. The number of aromatic nitrogens is 1. The van der Waals surface area contributed by atoms with Gasteiger partial charge in [0.25, 0.3) is 5.91 Å². The zero-order valence-electron chi connectivity index (χ0n) is 12.6. The van der Waals surface area contributed by atoms with Gasteiger partial charge < -0.3 is 10.4 Å². The molecular weight excluding hydrogens is 288 g/mol. The Morgan fingerprint density at radius 2 is 1.83 bits per heavy atom. The lowest BCUT2D eigenvalue weighted by atomic mass is 9.99. The Hall–Kier alpha value is -2.72. The van der Waals surface area contributed by atoms with Crippen molar-refractivity contribution < 1.29 is 9.90 Å². The van der Waals surface area contributed by atoms with Crippen LogP contribution in [-0.4, -0.2) is 22.5 Å². The van der Waals surface area contributed by atoms with Crippen molar-refractivity contribution in [3.8, 4) is 0 Å². The summed E-state index contributed by atoms with van der Waals surface area (Å²) in [7, 11) is 0. The average Bonchev–Trinajstić information content (AvgIpc) is 2.61. The fourth-order valence-corrected chi connectivity index (χ4v) is 2.61. The van der Waals surface area contributed by atoms with Gasteiger partial charge in [0.05, 0.1) is 6.10 Å². The standard InChI is InChI=1S/C19H18N2O2/c22-18(11-13-21-19(23)17-10-3-4-12-20-17)16-9-5-7-14-6-1-2-8-15(14)16/h1-10,12,18,22H,11,13H2,(H,21,23)/t18-/m1/s1. The highest BCUT2D eigenvalue weighted by Gasteiger charge is 2.12. The first kappa shape index (κ1) is 15.2. The van der Waals surface area contributed by atoms with Crippen LogP contribution in [0.1, 0.15) is 28.6 Å². The number of hydrogen-bond donors (Lipinski definition) is 2. The third-order valence-electron chi connectivity index (χ3n) is 3.78. The number of nitrogens with one attached hydrogen (secondary N) is 1. The SMILES string of the molecule is O=C(NCC[C@@H](O)c1cccc2ccccc12)c1ccccn1. The monoisotopic (exact) mass is 306 g/mol. The number of pyridine rings is 1. The molecule has 2 aromatic carbocycles. The van der Waals surface area contributed by atoms with E-state index in [0.29, 0.717) is 18.7 Å². The lowest BCUT2D eigenvalue weighted by Gasteiger charge is -2.14. The van der Waals surface area contributed by atoms with Gasteiger partial charge in [0.1, 0.15) is 5.69 Å². The van der Waals surface area contributed by atoms with Crippen LogP contribution in [0.4, 0.5) is 0 Å². The first-order chi connectivity index (χ1) is 11.3. The second kappa shape index (κ2) is 7.03. The zero-order chi connectivity index (χ0) is 16.1. The molecule has 1 amide bonds. The molecule has 1 aromatic heterocycles. The van der Waals surface area contributed by atoms with E-state index in [-0.39, 0.29) is 5.91 Å². The molecule has 116 valence electrons. The number of amides is 1. The summed E-state index contributed by atoms with van der Waals surface area (Å²) in [5.74, 6) is -0.226. The van der Waals surface area contributed by atoms with E-state index in [1.54, 1.807) is 24.4 Å². The van der Waals surface area contributed by atoms with Crippen molar-refractivity contribution in [1.29, 1.82) is 0 Å². The molecule has 0 saturated heterocycles. The van der Waals surface area contributed by atoms with Gasteiger partial charge in [0, 0.05) is 12.7 Å². The molecular formula is C19H18N2O2. The Labute approximate surface area is 134 Å². The topological polar surface area (TPSA) is 62.2 Å². The van der Waals surface area contributed by atoms with Gasteiger partial charge in [0.15, 0.2) is 0 Å². The van der Waals surface area contributed by atoms with Crippen molar-refractivity contribution in [3.63, 3.8) is 0 Å². The van der Waals surface area contributed by atoms with Gasteiger partial charge in [-0.3, -0.25) is 9.78 Å². The Kier molecular flexibility index (Phi) is 4.64. The van der Waals surface area contributed by atoms with Crippen LogP contribution >= 0.6 is 0 Å². The highest BCUT2D eigenvalue weighted by Crippen LogP contribution is 2.25. The first-order valence-corrected chi connectivity index (χ1v) is 7.60. The van der Waals surface area contributed by atoms with Gasteiger partial charge in [-0.15, -0.1) is 0 Å². The van der Waals surface area contributed by atoms with Gasteiger partial charge in [-0.1, -0.05) is 48.5 Å². The van der Waals surface area contributed by atoms with E-state index in [1.165, 1.54) is 0 Å². The van der Waals surface area contributed by atoms with Crippen LogP contribution in [0, 0.1) is 0 Å². The molecule has 0 aliphatic heterocycles. The number of nitrogens with zero attached hydrogens (tertiary/aromatic N) is 1. The van der Waals surface area contributed by atoms with Crippen LogP contribution in [0.5, 0.6) is 0 Å². The summed E-state index contributed by atoms with van der Waals surface area (Å²) >= 11 is 0. The molecule has 0 spiro atoms. The molecule has 23 heavy (non-hydrogen) atoms. The van der Waals surface area contributed by atoms with Crippen molar-refractivity contribution in [1.82, 2.24) is 10.3 Å². The smallest absolute Gasteiger partial charge is 0.269 e. The molecule has 2 N–H and O–H groups in total. The first-order valence-electron chi connectivity index (χ1n) is 7.60. The number of fused-ring (bicyclic) bond motifs is 1. The van der Waals surface area contributed by atoms with Crippen LogP contribution in [0.15, 0.2) is 66.9 Å². The Balaban J connectivity index is 1.63. The molecule has 0 radical (unpaired) electrons. The normalized spacial score (nSPS) is 12.0. The highest BCUT2D eigenvalue weighted by atomic mass is 16.3. The summed E-state index contributed by atoms with van der Waals surface area (Å²) in [6.07, 6.45) is 1.41. The number of aliphatic hydroxyl groups is 1. The highest BCUT2D eigenvalue weighted by molar-refractivity contribution is 5.92.